The second-order valence-corrected chi connectivity index (χ2v) is 7.96. The normalized spacial score (nSPS) is 12.0. The Bertz CT molecular complexity index is 1460. The summed E-state index contributed by atoms with van der Waals surface area (Å²) in [6.45, 7) is 0. The van der Waals surface area contributed by atoms with Crippen LogP contribution in [0.2, 0.25) is 0 Å². The molecule has 5 nitrogen and oxygen atoms in total. The Hall–Kier alpha value is -4.25. The van der Waals surface area contributed by atoms with Gasteiger partial charge in [0.05, 0.1) is 23.7 Å². The van der Waals surface area contributed by atoms with E-state index in [0.29, 0.717) is 12.0 Å². The van der Waals surface area contributed by atoms with E-state index >= 15 is 0 Å². The number of amides is 1. The van der Waals surface area contributed by atoms with E-state index in [1.807, 2.05) is 91.0 Å². The molecular formula is C28H22N2O3. The molecule has 0 aliphatic heterocycles. The van der Waals surface area contributed by atoms with Crippen LogP contribution in [0.4, 0.5) is 0 Å². The summed E-state index contributed by atoms with van der Waals surface area (Å²) >= 11 is 0. The highest BCUT2D eigenvalue weighted by molar-refractivity contribution is 6.16. The molecule has 1 amide bonds. The van der Waals surface area contributed by atoms with Gasteiger partial charge in [-0.05, 0) is 28.5 Å². The lowest BCUT2D eigenvalue weighted by Crippen LogP contribution is -2.43. The van der Waals surface area contributed by atoms with Gasteiger partial charge >= 0.3 is 5.97 Å². The van der Waals surface area contributed by atoms with Crippen molar-refractivity contribution in [3.05, 3.63) is 102 Å². The molecule has 1 aromatic heterocycles. The average Bonchev–Trinajstić information content (AvgIpc) is 2.86. The quantitative estimate of drug-likeness (QED) is 0.310. The Balaban J connectivity index is 1.52. The van der Waals surface area contributed by atoms with Gasteiger partial charge in [0.1, 0.15) is 6.04 Å². The number of aromatic nitrogens is 1. The minimum atomic E-state index is -0.825. The molecule has 0 fully saturated rings. The highest BCUT2D eigenvalue weighted by Crippen LogP contribution is 2.26. The first-order valence-electron chi connectivity index (χ1n) is 10.8. The standard InChI is InChI=1S/C28H22N2O3/c1-33-28(32)25(17-18-14-15-19-8-2-3-9-20(19)16-18)30-27(31)26-21-10-4-6-12-23(21)29-24-13-7-5-11-22(24)26/h2-16,25H,17H2,1H3,(H,30,31)/t25-/m0/s1. The summed E-state index contributed by atoms with van der Waals surface area (Å²) in [5.41, 5.74) is 2.90. The maximum atomic E-state index is 13.6. The number of esters is 1. The SMILES string of the molecule is COC(=O)[C@H](Cc1ccc2ccccc2c1)NC(=O)c1c2ccccc2nc2ccccc12. The van der Waals surface area contributed by atoms with Crippen LogP contribution in [0.3, 0.4) is 0 Å². The van der Waals surface area contributed by atoms with Crippen LogP contribution in [-0.2, 0) is 16.0 Å². The maximum Gasteiger partial charge on any atom is 0.328 e. The summed E-state index contributed by atoms with van der Waals surface area (Å²) in [7, 11) is 1.33. The molecule has 5 heteroatoms. The Labute approximate surface area is 191 Å². The zero-order valence-electron chi connectivity index (χ0n) is 18.1. The van der Waals surface area contributed by atoms with E-state index in [-0.39, 0.29) is 5.91 Å². The zero-order chi connectivity index (χ0) is 22.8. The molecule has 5 aromatic rings. The van der Waals surface area contributed by atoms with Crippen molar-refractivity contribution in [3.8, 4) is 0 Å². The molecule has 4 aromatic carbocycles. The smallest absolute Gasteiger partial charge is 0.328 e. The number of methoxy groups -OCH3 is 1. The highest BCUT2D eigenvalue weighted by atomic mass is 16.5. The second kappa shape index (κ2) is 8.71. The van der Waals surface area contributed by atoms with Crippen LogP contribution in [0.1, 0.15) is 15.9 Å². The molecule has 5 rings (SSSR count). The van der Waals surface area contributed by atoms with Crippen LogP contribution >= 0.6 is 0 Å². The predicted octanol–water partition coefficient (Wildman–Crippen LogP) is 5.06. The van der Waals surface area contributed by atoms with E-state index in [4.69, 9.17) is 4.74 Å². The van der Waals surface area contributed by atoms with Crippen molar-refractivity contribution in [2.24, 2.45) is 0 Å². The average molecular weight is 434 g/mol. The van der Waals surface area contributed by atoms with Crippen LogP contribution in [-0.4, -0.2) is 30.0 Å². The highest BCUT2D eigenvalue weighted by Gasteiger charge is 2.25. The first kappa shape index (κ1) is 20.6. The van der Waals surface area contributed by atoms with Crippen molar-refractivity contribution in [1.29, 1.82) is 0 Å². The van der Waals surface area contributed by atoms with Crippen molar-refractivity contribution in [2.45, 2.75) is 12.5 Å². The zero-order valence-corrected chi connectivity index (χ0v) is 18.1. The molecule has 0 unspecified atom stereocenters. The number of ether oxygens (including phenoxy) is 1. The second-order valence-electron chi connectivity index (χ2n) is 7.96. The fourth-order valence-corrected chi connectivity index (χ4v) is 4.25. The molecule has 1 N–H and O–H groups in total. The van der Waals surface area contributed by atoms with E-state index in [2.05, 4.69) is 10.3 Å². The van der Waals surface area contributed by atoms with Crippen molar-refractivity contribution in [2.75, 3.05) is 7.11 Å². The van der Waals surface area contributed by atoms with Crippen LogP contribution < -0.4 is 5.32 Å². The molecule has 0 radical (unpaired) electrons. The van der Waals surface area contributed by atoms with Gasteiger partial charge in [0, 0.05) is 17.2 Å². The number of pyridine rings is 1. The third-order valence-corrected chi connectivity index (χ3v) is 5.86. The van der Waals surface area contributed by atoms with Gasteiger partial charge in [-0.15, -0.1) is 0 Å². The van der Waals surface area contributed by atoms with Gasteiger partial charge < -0.3 is 10.1 Å². The number of nitrogens with zero attached hydrogens (tertiary/aromatic N) is 1. The van der Waals surface area contributed by atoms with Gasteiger partial charge in [-0.1, -0.05) is 78.9 Å². The van der Waals surface area contributed by atoms with Crippen LogP contribution in [0, 0.1) is 0 Å². The lowest BCUT2D eigenvalue weighted by atomic mass is 9.99. The number of rotatable bonds is 5. The third kappa shape index (κ3) is 4.01. The van der Waals surface area contributed by atoms with Crippen molar-refractivity contribution in [1.82, 2.24) is 10.3 Å². The summed E-state index contributed by atoms with van der Waals surface area (Å²) in [6.07, 6.45) is 0.324. The number of carbonyl (C=O) groups is 2. The fraction of sp³-hybridized carbons (Fsp3) is 0.107. The lowest BCUT2D eigenvalue weighted by Gasteiger charge is -2.18. The van der Waals surface area contributed by atoms with E-state index in [1.54, 1.807) is 0 Å². The molecule has 1 atom stereocenters. The number of nitrogens with one attached hydrogen (secondary N) is 1. The van der Waals surface area contributed by atoms with Crippen LogP contribution in [0.15, 0.2) is 91.0 Å². The Kier molecular flexibility index (Phi) is 5.45. The molecule has 33 heavy (non-hydrogen) atoms. The lowest BCUT2D eigenvalue weighted by molar-refractivity contribution is -0.142. The first-order chi connectivity index (χ1) is 16.1. The molecule has 1 heterocycles. The van der Waals surface area contributed by atoms with E-state index in [0.717, 1.165) is 38.1 Å². The van der Waals surface area contributed by atoms with E-state index in [9.17, 15) is 9.59 Å². The van der Waals surface area contributed by atoms with Crippen molar-refractivity contribution in [3.63, 3.8) is 0 Å². The van der Waals surface area contributed by atoms with Gasteiger partial charge in [0.2, 0.25) is 0 Å². The van der Waals surface area contributed by atoms with Crippen molar-refractivity contribution >= 4 is 44.5 Å². The molecule has 0 aliphatic rings. The number of carbonyl (C=O) groups excluding carboxylic acids is 2. The van der Waals surface area contributed by atoms with Gasteiger partial charge in [0.25, 0.3) is 5.91 Å². The molecule has 0 bridgehead atoms. The Morgan fingerprint density at radius 3 is 2.09 bits per heavy atom. The van der Waals surface area contributed by atoms with E-state index < -0.39 is 12.0 Å². The summed E-state index contributed by atoms with van der Waals surface area (Å²) in [4.78, 5) is 30.9. The minimum Gasteiger partial charge on any atom is -0.467 e. The molecule has 0 aliphatic carbocycles. The predicted molar refractivity (Wildman–Crippen MR) is 130 cm³/mol. The topological polar surface area (TPSA) is 68.3 Å². The summed E-state index contributed by atoms with van der Waals surface area (Å²) in [5, 5.41) is 6.60. The van der Waals surface area contributed by atoms with Gasteiger partial charge in [-0.3, -0.25) is 4.79 Å². The molecule has 162 valence electrons. The monoisotopic (exact) mass is 434 g/mol. The first-order valence-corrected chi connectivity index (χ1v) is 10.8. The summed E-state index contributed by atoms with van der Waals surface area (Å²) in [5.74, 6) is -0.819. The molecule has 0 spiro atoms. The van der Waals surface area contributed by atoms with Gasteiger partial charge in [0.15, 0.2) is 0 Å². The van der Waals surface area contributed by atoms with Gasteiger partial charge in [-0.25, -0.2) is 9.78 Å². The van der Waals surface area contributed by atoms with Crippen molar-refractivity contribution < 1.29 is 14.3 Å². The van der Waals surface area contributed by atoms with Crippen LogP contribution in [0.25, 0.3) is 32.6 Å². The summed E-state index contributed by atoms with van der Waals surface area (Å²) < 4.78 is 5.02. The molecule has 0 saturated heterocycles. The fourth-order valence-electron chi connectivity index (χ4n) is 4.25. The van der Waals surface area contributed by atoms with Crippen LogP contribution in [0.5, 0.6) is 0 Å². The largest absolute Gasteiger partial charge is 0.467 e. The minimum absolute atomic E-state index is 0.324. The number of fused-ring (bicyclic) bond motifs is 3. The number of benzene rings is 4. The third-order valence-electron chi connectivity index (χ3n) is 5.86. The van der Waals surface area contributed by atoms with E-state index in [1.165, 1.54) is 7.11 Å². The van der Waals surface area contributed by atoms with Gasteiger partial charge in [-0.2, -0.15) is 0 Å². The Morgan fingerprint density at radius 1 is 0.818 bits per heavy atom. The maximum absolute atomic E-state index is 13.6. The number of para-hydroxylation sites is 2. The summed E-state index contributed by atoms with van der Waals surface area (Å²) in [6, 6.07) is 28.3. The molecular weight excluding hydrogens is 412 g/mol. The Morgan fingerprint density at radius 2 is 1.42 bits per heavy atom. The number of hydrogen-bond acceptors (Lipinski definition) is 4. The molecule has 0 saturated carbocycles. The number of hydrogen-bond donors (Lipinski definition) is 1.